The number of amides is 1. The Morgan fingerprint density at radius 2 is 1.85 bits per heavy atom. The number of carbonyl (C=O) groups is 1. The normalized spacial score (nSPS) is 10.7. The number of carbonyl (C=O) groups excluding carboxylic acids is 1. The quantitative estimate of drug-likeness (QED) is 0.678. The molecule has 3 aromatic rings. The molecule has 134 valence electrons. The van der Waals surface area contributed by atoms with Crippen molar-refractivity contribution in [2.75, 3.05) is 5.75 Å². The number of aromatic nitrogens is 3. The Morgan fingerprint density at radius 3 is 2.58 bits per heavy atom. The van der Waals surface area contributed by atoms with Crippen LogP contribution in [-0.2, 0) is 18.4 Å². The van der Waals surface area contributed by atoms with Crippen molar-refractivity contribution >= 4 is 17.7 Å². The van der Waals surface area contributed by atoms with E-state index >= 15 is 0 Å². The Morgan fingerprint density at radius 1 is 1.08 bits per heavy atom. The second-order valence-corrected chi connectivity index (χ2v) is 7.23. The Hall–Kier alpha value is -2.60. The number of aryl methyl sites for hydroxylation is 2. The zero-order chi connectivity index (χ0) is 18.5. The van der Waals surface area contributed by atoms with Crippen LogP contribution in [0, 0.1) is 13.8 Å². The highest BCUT2D eigenvalue weighted by atomic mass is 32.2. The smallest absolute Gasteiger partial charge is 0.230 e. The molecule has 6 heteroatoms. The molecule has 5 nitrogen and oxygen atoms in total. The van der Waals surface area contributed by atoms with Gasteiger partial charge in [0.15, 0.2) is 11.0 Å². The van der Waals surface area contributed by atoms with Crippen LogP contribution < -0.4 is 5.32 Å². The first-order valence-electron chi connectivity index (χ1n) is 8.44. The Labute approximate surface area is 157 Å². The number of nitrogens with one attached hydrogen (secondary N) is 1. The molecule has 1 N–H and O–H groups in total. The van der Waals surface area contributed by atoms with Crippen molar-refractivity contribution in [3.8, 4) is 11.4 Å². The van der Waals surface area contributed by atoms with E-state index in [1.807, 2.05) is 67.9 Å². The SMILES string of the molecule is Cc1ccc(CNC(=O)CSc2nnc(-c3cccc(C)c3)n2C)cc1. The van der Waals surface area contributed by atoms with Crippen LogP contribution in [0.5, 0.6) is 0 Å². The Kier molecular flexibility index (Phi) is 5.73. The highest BCUT2D eigenvalue weighted by Gasteiger charge is 2.13. The molecule has 0 bridgehead atoms. The van der Waals surface area contributed by atoms with Crippen molar-refractivity contribution < 1.29 is 4.79 Å². The minimum absolute atomic E-state index is 0.0179. The fourth-order valence-electron chi connectivity index (χ4n) is 2.56. The lowest BCUT2D eigenvalue weighted by molar-refractivity contribution is -0.118. The number of rotatable bonds is 6. The number of hydrogen-bond donors (Lipinski definition) is 1. The van der Waals surface area contributed by atoms with E-state index in [2.05, 4.69) is 21.6 Å². The molecule has 3 rings (SSSR count). The number of hydrogen-bond acceptors (Lipinski definition) is 4. The summed E-state index contributed by atoms with van der Waals surface area (Å²) < 4.78 is 1.92. The van der Waals surface area contributed by atoms with Crippen molar-refractivity contribution in [1.29, 1.82) is 0 Å². The largest absolute Gasteiger partial charge is 0.351 e. The van der Waals surface area contributed by atoms with Gasteiger partial charge in [0.25, 0.3) is 0 Å². The van der Waals surface area contributed by atoms with E-state index in [4.69, 9.17) is 0 Å². The van der Waals surface area contributed by atoms with Crippen LogP contribution in [0.4, 0.5) is 0 Å². The molecule has 0 spiro atoms. The third-order valence-electron chi connectivity index (χ3n) is 4.05. The summed E-state index contributed by atoms with van der Waals surface area (Å²) in [4.78, 5) is 12.1. The third kappa shape index (κ3) is 4.52. The fourth-order valence-corrected chi connectivity index (χ4v) is 3.30. The predicted molar refractivity (Wildman–Crippen MR) is 105 cm³/mol. The summed E-state index contributed by atoms with van der Waals surface area (Å²) in [6.45, 7) is 4.63. The van der Waals surface area contributed by atoms with Gasteiger partial charge in [0.05, 0.1) is 5.75 Å². The Balaban J connectivity index is 1.56. The first kappa shape index (κ1) is 18.2. The van der Waals surface area contributed by atoms with E-state index in [0.717, 1.165) is 22.1 Å². The highest BCUT2D eigenvalue weighted by molar-refractivity contribution is 7.99. The van der Waals surface area contributed by atoms with E-state index in [9.17, 15) is 4.79 Å². The van der Waals surface area contributed by atoms with Gasteiger partial charge in [-0.3, -0.25) is 4.79 Å². The average Bonchev–Trinajstić information content (AvgIpc) is 3.00. The maximum atomic E-state index is 12.1. The van der Waals surface area contributed by atoms with E-state index < -0.39 is 0 Å². The molecular weight excluding hydrogens is 344 g/mol. The lowest BCUT2D eigenvalue weighted by Crippen LogP contribution is -2.24. The number of thioether (sulfide) groups is 1. The standard InChI is InChI=1S/C20H22N4OS/c1-14-7-9-16(10-8-14)12-21-18(25)13-26-20-23-22-19(24(20)3)17-6-4-5-15(2)11-17/h4-11H,12-13H2,1-3H3,(H,21,25). The zero-order valence-electron chi connectivity index (χ0n) is 15.2. The van der Waals surface area contributed by atoms with Crippen LogP contribution in [0.25, 0.3) is 11.4 Å². The summed E-state index contributed by atoms with van der Waals surface area (Å²) in [6.07, 6.45) is 0. The molecule has 1 aromatic heterocycles. The molecule has 1 heterocycles. The molecule has 0 saturated carbocycles. The van der Waals surface area contributed by atoms with Gasteiger partial charge in [-0.1, -0.05) is 65.4 Å². The molecular formula is C20H22N4OS. The molecule has 0 fully saturated rings. The van der Waals surface area contributed by atoms with Crippen LogP contribution >= 0.6 is 11.8 Å². The van der Waals surface area contributed by atoms with Crippen molar-refractivity contribution in [2.24, 2.45) is 7.05 Å². The summed E-state index contributed by atoms with van der Waals surface area (Å²) in [5, 5.41) is 12.2. The minimum Gasteiger partial charge on any atom is -0.351 e. The molecule has 0 aliphatic carbocycles. The lowest BCUT2D eigenvalue weighted by Gasteiger charge is -2.06. The second kappa shape index (κ2) is 8.19. The van der Waals surface area contributed by atoms with Gasteiger partial charge in [0, 0.05) is 19.2 Å². The molecule has 0 unspecified atom stereocenters. The molecule has 1 amide bonds. The van der Waals surface area contributed by atoms with Crippen LogP contribution in [0.2, 0.25) is 0 Å². The van der Waals surface area contributed by atoms with Gasteiger partial charge in [-0.15, -0.1) is 10.2 Å². The average molecular weight is 366 g/mol. The van der Waals surface area contributed by atoms with E-state index in [0.29, 0.717) is 12.3 Å². The van der Waals surface area contributed by atoms with Gasteiger partial charge in [0.1, 0.15) is 0 Å². The summed E-state index contributed by atoms with van der Waals surface area (Å²) in [6, 6.07) is 16.3. The topological polar surface area (TPSA) is 59.8 Å². The first-order valence-corrected chi connectivity index (χ1v) is 9.43. The molecule has 0 aliphatic heterocycles. The van der Waals surface area contributed by atoms with Gasteiger partial charge in [-0.2, -0.15) is 0 Å². The molecule has 2 aromatic carbocycles. The van der Waals surface area contributed by atoms with Crippen LogP contribution in [-0.4, -0.2) is 26.4 Å². The lowest BCUT2D eigenvalue weighted by atomic mass is 10.1. The summed E-state index contributed by atoms with van der Waals surface area (Å²) >= 11 is 1.39. The third-order valence-corrected chi connectivity index (χ3v) is 5.07. The summed E-state index contributed by atoms with van der Waals surface area (Å²) in [5.41, 5.74) is 4.50. The molecule has 0 aliphatic rings. The van der Waals surface area contributed by atoms with Gasteiger partial charge in [-0.05, 0) is 25.5 Å². The number of nitrogens with zero attached hydrogens (tertiary/aromatic N) is 3. The van der Waals surface area contributed by atoms with Crippen LogP contribution in [0.1, 0.15) is 16.7 Å². The van der Waals surface area contributed by atoms with E-state index in [1.165, 1.54) is 22.9 Å². The van der Waals surface area contributed by atoms with Crippen molar-refractivity contribution in [2.45, 2.75) is 25.5 Å². The van der Waals surface area contributed by atoms with Crippen molar-refractivity contribution in [3.63, 3.8) is 0 Å². The highest BCUT2D eigenvalue weighted by Crippen LogP contribution is 2.23. The Bertz CT molecular complexity index is 902. The molecule has 26 heavy (non-hydrogen) atoms. The molecule has 0 saturated heterocycles. The van der Waals surface area contributed by atoms with Gasteiger partial charge in [-0.25, -0.2) is 0 Å². The van der Waals surface area contributed by atoms with Crippen LogP contribution in [0.3, 0.4) is 0 Å². The van der Waals surface area contributed by atoms with E-state index in [-0.39, 0.29) is 5.91 Å². The maximum Gasteiger partial charge on any atom is 0.230 e. The summed E-state index contributed by atoms with van der Waals surface area (Å²) in [7, 11) is 1.92. The molecule has 0 atom stereocenters. The fraction of sp³-hybridized carbons (Fsp3) is 0.250. The van der Waals surface area contributed by atoms with Gasteiger partial charge >= 0.3 is 0 Å². The van der Waals surface area contributed by atoms with Gasteiger partial charge in [0.2, 0.25) is 5.91 Å². The molecule has 0 radical (unpaired) electrons. The van der Waals surface area contributed by atoms with Crippen molar-refractivity contribution in [1.82, 2.24) is 20.1 Å². The zero-order valence-corrected chi connectivity index (χ0v) is 16.0. The van der Waals surface area contributed by atoms with Crippen molar-refractivity contribution in [3.05, 3.63) is 65.2 Å². The minimum atomic E-state index is -0.0179. The predicted octanol–water partition coefficient (Wildman–Crippen LogP) is 3.51. The number of benzene rings is 2. The maximum absolute atomic E-state index is 12.1. The summed E-state index contributed by atoms with van der Waals surface area (Å²) in [5.74, 6) is 1.10. The first-order chi connectivity index (χ1) is 12.5. The van der Waals surface area contributed by atoms with E-state index in [1.54, 1.807) is 0 Å². The second-order valence-electron chi connectivity index (χ2n) is 6.29. The van der Waals surface area contributed by atoms with Gasteiger partial charge < -0.3 is 9.88 Å². The van der Waals surface area contributed by atoms with Crippen LogP contribution in [0.15, 0.2) is 53.7 Å². The monoisotopic (exact) mass is 366 g/mol.